The molecule has 25 heavy (non-hydrogen) atoms. The highest BCUT2D eigenvalue weighted by molar-refractivity contribution is 6.30. The molecule has 1 atom stereocenters. The lowest BCUT2D eigenvalue weighted by atomic mass is 10.1. The average Bonchev–Trinajstić information content (AvgIpc) is 2.96. The van der Waals surface area contributed by atoms with E-state index in [1.54, 1.807) is 29.2 Å². The van der Waals surface area contributed by atoms with Crippen LogP contribution in [-0.4, -0.2) is 29.3 Å². The normalized spacial score (nSPS) is 16.8. The Morgan fingerprint density at radius 1 is 1.24 bits per heavy atom. The number of carbonyl (C=O) groups is 2. The summed E-state index contributed by atoms with van der Waals surface area (Å²) in [5.41, 5.74) is 0.742. The van der Waals surface area contributed by atoms with Crippen LogP contribution in [0.5, 0.6) is 0 Å². The fourth-order valence-electron chi connectivity index (χ4n) is 2.70. The zero-order valence-electron chi connectivity index (χ0n) is 13.0. The van der Waals surface area contributed by atoms with Crippen molar-refractivity contribution in [3.05, 3.63) is 69.2 Å². The fraction of sp³-hybridized carbons (Fsp3) is 0.176. The number of anilines is 1. The van der Waals surface area contributed by atoms with Gasteiger partial charge in [-0.05, 0) is 30.3 Å². The second kappa shape index (κ2) is 6.90. The molecule has 1 fully saturated rings. The van der Waals surface area contributed by atoms with E-state index in [-0.39, 0.29) is 29.6 Å². The van der Waals surface area contributed by atoms with Crippen molar-refractivity contribution < 1.29 is 14.5 Å². The molecule has 0 unspecified atom stereocenters. The van der Waals surface area contributed by atoms with Gasteiger partial charge in [-0.15, -0.1) is 0 Å². The van der Waals surface area contributed by atoms with Crippen molar-refractivity contribution in [2.75, 3.05) is 11.4 Å². The van der Waals surface area contributed by atoms with E-state index >= 15 is 0 Å². The molecule has 7 nitrogen and oxygen atoms in total. The third kappa shape index (κ3) is 3.77. The number of nitrogens with one attached hydrogen (secondary N) is 1. The molecule has 0 aromatic heterocycles. The van der Waals surface area contributed by atoms with Crippen molar-refractivity contribution in [2.24, 2.45) is 0 Å². The number of carbonyl (C=O) groups excluding carboxylic acids is 2. The highest BCUT2D eigenvalue weighted by Crippen LogP contribution is 2.23. The highest BCUT2D eigenvalue weighted by atomic mass is 35.5. The summed E-state index contributed by atoms with van der Waals surface area (Å²) in [6, 6.07) is 12.0. The number of halogens is 1. The standard InChI is InChI=1S/C17H14ClN3O4/c18-12-4-6-14(7-5-12)20-10-13(9-16(20)22)19-17(23)11-2-1-3-15(8-11)21(24)25/h1-8,13H,9-10H2,(H,19,23)/t13-/m1/s1. The molecular formula is C17H14ClN3O4. The first-order chi connectivity index (χ1) is 11.9. The van der Waals surface area contributed by atoms with Gasteiger partial charge in [0.25, 0.3) is 11.6 Å². The number of hydrogen-bond acceptors (Lipinski definition) is 4. The first-order valence-corrected chi connectivity index (χ1v) is 7.93. The summed E-state index contributed by atoms with van der Waals surface area (Å²) in [6.45, 7) is 0.334. The predicted molar refractivity (Wildman–Crippen MR) is 92.8 cm³/mol. The Kier molecular flexibility index (Phi) is 4.67. The molecule has 0 bridgehead atoms. The van der Waals surface area contributed by atoms with E-state index < -0.39 is 10.8 Å². The van der Waals surface area contributed by atoms with Crippen molar-refractivity contribution >= 4 is 34.8 Å². The zero-order valence-corrected chi connectivity index (χ0v) is 13.8. The lowest BCUT2D eigenvalue weighted by molar-refractivity contribution is -0.384. The molecule has 1 saturated heterocycles. The zero-order chi connectivity index (χ0) is 18.0. The molecule has 2 aromatic rings. The van der Waals surface area contributed by atoms with Crippen LogP contribution >= 0.6 is 11.6 Å². The highest BCUT2D eigenvalue weighted by Gasteiger charge is 2.31. The van der Waals surface area contributed by atoms with Gasteiger partial charge < -0.3 is 10.2 Å². The number of rotatable bonds is 4. The van der Waals surface area contributed by atoms with Gasteiger partial charge in [-0.2, -0.15) is 0 Å². The molecule has 1 heterocycles. The predicted octanol–water partition coefficient (Wildman–Crippen LogP) is 2.78. The Morgan fingerprint density at radius 2 is 1.96 bits per heavy atom. The molecule has 0 aliphatic carbocycles. The van der Waals surface area contributed by atoms with Gasteiger partial charge in [-0.1, -0.05) is 17.7 Å². The topological polar surface area (TPSA) is 92.6 Å². The minimum atomic E-state index is -0.557. The van der Waals surface area contributed by atoms with Crippen molar-refractivity contribution in [2.45, 2.75) is 12.5 Å². The van der Waals surface area contributed by atoms with Gasteiger partial charge in [0.15, 0.2) is 0 Å². The molecular weight excluding hydrogens is 346 g/mol. The minimum absolute atomic E-state index is 0.105. The minimum Gasteiger partial charge on any atom is -0.347 e. The SMILES string of the molecule is O=C(N[C@@H]1CC(=O)N(c2ccc(Cl)cc2)C1)c1cccc([N+](=O)[O-])c1. The number of nitro groups is 1. The van der Waals surface area contributed by atoms with Gasteiger partial charge in [-0.3, -0.25) is 19.7 Å². The maximum absolute atomic E-state index is 12.3. The lowest BCUT2D eigenvalue weighted by Crippen LogP contribution is -2.37. The largest absolute Gasteiger partial charge is 0.347 e. The summed E-state index contributed by atoms with van der Waals surface area (Å²) >= 11 is 5.85. The summed E-state index contributed by atoms with van der Waals surface area (Å²) in [5, 5.41) is 14.1. The van der Waals surface area contributed by atoms with Crippen molar-refractivity contribution in [1.29, 1.82) is 0 Å². The summed E-state index contributed by atoms with van der Waals surface area (Å²) in [4.78, 5) is 36.3. The van der Waals surface area contributed by atoms with Crippen LogP contribution in [0.1, 0.15) is 16.8 Å². The summed E-state index contributed by atoms with van der Waals surface area (Å²) in [7, 11) is 0. The third-order valence-electron chi connectivity index (χ3n) is 3.92. The molecule has 2 aromatic carbocycles. The Hall–Kier alpha value is -2.93. The van der Waals surface area contributed by atoms with E-state index in [0.29, 0.717) is 17.3 Å². The Labute approximate surface area is 148 Å². The number of non-ortho nitro benzene ring substituents is 1. The maximum Gasteiger partial charge on any atom is 0.270 e. The van der Waals surface area contributed by atoms with Crippen LogP contribution in [0.3, 0.4) is 0 Å². The van der Waals surface area contributed by atoms with Crippen molar-refractivity contribution in [3.63, 3.8) is 0 Å². The quantitative estimate of drug-likeness (QED) is 0.671. The van der Waals surface area contributed by atoms with E-state index in [1.807, 2.05) is 0 Å². The summed E-state index contributed by atoms with van der Waals surface area (Å²) in [5.74, 6) is -0.550. The molecule has 1 aliphatic heterocycles. The molecule has 2 amide bonds. The van der Waals surface area contributed by atoms with Gasteiger partial charge >= 0.3 is 0 Å². The van der Waals surface area contributed by atoms with E-state index in [1.165, 1.54) is 24.3 Å². The molecule has 128 valence electrons. The lowest BCUT2D eigenvalue weighted by Gasteiger charge is -2.17. The monoisotopic (exact) mass is 359 g/mol. The number of benzene rings is 2. The molecule has 3 rings (SSSR count). The molecule has 0 spiro atoms. The number of amides is 2. The Bertz CT molecular complexity index is 838. The molecule has 8 heteroatoms. The van der Waals surface area contributed by atoms with Crippen LogP contribution in [0.2, 0.25) is 5.02 Å². The smallest absolute Gasteiger partial charge is 0.270 e. The van der Waals surface area contributed by atoms with Crippen molar-refractivity contribution in [1.82, 2.24) is 5.32 Å². The van der Waals surface area contributed by atoms with Crippen LogP contribution in [0.4, 0.5) is 11.4 Å². The van der Waals surface area contributed by atoms with Crippen LogP contribution < -0.4 is 10.2 Å². The maximum atomic E-state index is 12.3. The van der Waals surface area contributed by atoms with Gasteiger partial charge in [0, 0.05) is 41.4 Å². The number of hydrogen-bond donors (Lipinski definition) is 1. The summed E-state index contributed by atoms with van der Waals surface area (Å²) in [6.07, 6.45) is 0.170. The van der Waals surface area contributed by atoms with E-state index in [2.05, 4.69) is 5.32 Å². The van der Waals surface area contributed by atoms with Gasteiger partial charge in [-0.25, -0.2) is 0 Å². The van der Waals surface area contributed by atoms with Crippen molar-refractivity contribution in [3.8, 4) is 0 Å². The first-order valence-electron chi connectivity index (χ1n) is 7.55. The average molecular weight is 360 g/mol. The molecule has 1 aliphatic rings. The van der Waals surface area contributed by atoms with Gasteiger partial charge in [0.2, 0.25) is 5.91 Å². The fourth-order valence-corrected chi connectivity index (χ4v) is 2.83. The van der Waals surface area contributed by atoms with Gasteiger partial charge in [0.05, 0.1) is 11.0 Å². The molecule has 0 saturated carbocycles. The van der Waals surface area contributed by atoms with E-state index in [0.717, 1.165) is 0 Å². The Morgan fingerprint density at radius 3 is 2.64 bits per heavy atom. The third-order valence-corrected chi connectivity index (χ3v) is 4.17. The second-order valence-corrected chi connectivity index (χ2v) is 6.10. The summed E-state index contributed by atoms with van der Waals surface area (Å²) < 4.78 is 0. The number of nitrogens with zero attached hydrogens (tertiary/aromatic N) is 2. The number of nitro benzene ring substituents is 1. The second-order valence-electron chi connectivity index (χ2n) is 5.66. The van der Waals surface area contributed by atoms with Crippen LogP contribution in [0, 0.1) is 10.1 Å². The van der Waals surface area contributed by atoms with Crippen LogP contribution in [0.15, 0.2) is 48.5 Å². The van der Waals surface area contributed by atoms with Crippen LogP contribution in [-0.2, 0) is 4.79 Å². The van der Waals surface area contributed by atoms with Gasteiger partial charge in [0.1, 0.15) is 0 Å². The molecule has 0 radical (unpaired) electrons. The molecule has 1 N–H and O–H groups in total. The first kappa shape index (κ1) is 16.9. The Balaban J connectivity index is 1.69. The van der Waals surface area contributed by atoms with E-state index in [9.17, 15) is 19.7 Å². The van der Waals surface area contributed by atoms with Crippen LogP contribution in [0.25, 0.3) is 0 Å². The van der Waals surface area contributed by atoms with E-state index in [4.69, 9.17) is 11.6 Å².